The van der Waals surface area contributed by atoms with E-state index in [1.807, 2.05) is 43.3 Å². The summed E-state index contributed by atoms with van der Waals surface area (Å²) in [6, 6.07) is 24.0. The summed E-state index contributed by atoms with van der Waals surface area (Å²) in [6.45, 7) is 4.47. The van der Waals surface area contributed by atoms with Crippen LogP contribution in [-0.2, 0) is 11.3 Å². The molecule has 0 bridgehead atoms. The summed E-state index contributed by atoms with van der Waals surface area (Å²) in [7, 11) is 0. The maximum Gasteiger partial charge on any atom is 0.358 e. The smallest absolute Gasteiger partial charge is 0.358 e. The Hall–Kier alpha value is -3.90. The number of hydrogen-bond acceptors (Lipinski definition) is 4. The Morgan fingerprint density at radius 2 is 1.74 bits per heavy atom. The lowest BCUT2D eigenvalue weighted by Crippen LogP contribution is -2.22. The first-order valence-corrected chi connectivity index (χ1v) is 11.3. The summed E-state index contributed by atoms with van der Waals surface area (Å²) in [5.41, 5.74) is 5.17. The average Bonchev–Trinajstić information content (AvgIpc) is 3.29. The Balaban J connectivity index is 1.59. The van der Waals surface area contributed by atoms with E-state index in [2.05, 4.69) is 10.4 Å². The molecule has 6 nitrogen and oxygen atoms in total. The predicted octanol–water partition coefficient (Wildman–Crippen LogP) is 5.61. The predicted molar refractivity (Wildman–Crippen MR) is 132 cm³/mol. The van der Waals surface area contributed by atoms with Gasteiger partial charge in [0.1, 0.15) is 0 Å². The molecule has 0 radical (unpaired) electrons. The summed E-state index contributed by atoms with van der Waals surface area (Å²) in [5.74, 6) is -0.665. The van der Waals surface area contributed by atoms with Crippen molar-refractivity contribution in [3.8, 4) is 16.9 Å². The molecule has 0 saturated carbocycles. The van der Waals surface area contributed by atoms with Gasteiger partial charge in [0.25, 0.3) is 5.91 Å². The van der Waals surface area contributed by atoms with Crippen molar-refractivity contribution in [2.75, 3.05) is 6.61 Å². The number of amides is 1. The zero-order valence-electron chi connectivity index (χ0n) is 18.9. The maximum atomic E-state index is 12.6. The Kier molecular flexibility index (Phi) is 7.09. The van der Waals surface area contributed by atoms with E-state index in [0.717, 1.165) is 16.7 Å². The fourth-order valence-corrected chi connectivity index (χ4v) is 3.70. The first-order chi connectivity index (χ1) is 16.4. The zero-order chi connectivity index (χ0) is 24.1. The van der Waals surface area contributed by atoms with Crippen LogP contribution in [0.25, 0.3) is 16.9 Å². The number of halogens is 1. The molecule has 4 rings (SSSR count). The molecule has 0 spiro atoms. The first-order valence-electron chi connectivity index (χ1n) is 10.9. The fraction of sp³-hybridized carbons (Fsp3) is 0.148. The largest absolute Gasteiger partial charge is 0.461 e. The third-order valence-electron chi connectivity index (χ3n) is 5.24. The SMILES string of the molecule is CCOC(=O)c1cc(-c2ccc(Cl)cc2)n(-c2ccc(C(=O)NCc3cccc(C)c3)cc2)n1. The molecule has 0 unspecified atom stereocenters. The van der Waals surface area contributed by atoms with E-state index in [1.165, 1.54) is 0 Å². The number of aryl methyl sites for hydroxylation is 1. The molecule has 1 aromatic heterocycles. The third-order valence-corrected chi connectivity index (χ3v) is 5.50. The summed E-state index contributed by atoms with van der Waals surface area (Å²) >= 11 is 6.04. The van der Waals surface area contributed by atoms with Gasteiger partial charge in [0.2, 0.25) is 0 Å². The van der Waals surface area contributed by atoms with E-state index in [-0.39, 0.29) is 18.2 Å². The maximum absolute atomic E-state index is 12.6. The van der Waals surface area contributed by atoms with E-state index in [1.54, 1.807) is 54.1 Å². The molecule has 34 heavy (non-hydrogen) atoms. The van der Waals surface area contributed by atoms with Gasteiger partial charge in [-0.3, -0.25) is 4.79 Å². The number of benzene rings is 3. The molecule has 1 amide bonds. The minimum absolute atomic E-state index is 0.168. The Labute approximate surface area is 203 Å². The number of hydrogen-bond donors (Lipinski definition) is 1. The second kappa shape index (κ2) is 10.4. The number of aromatic nitrogens is 2. The molecule has 4 aromatic rings. The topological polar surface area (TPSA) is 73.2 Å². The molecule has 0 atom stereocenters. The second-order valence-corrected chi connectivity index (χ2v) is 8.21. The van der Waals surface area contributed by atoms with Crippen LogP contribution < -0.4 is 5.32 Å². The van der Waals surface area contributed by atoms with Gasteiger partial charge in [0, 0.05) is 22.7 Å². The molecule has 7 heteroatoms. The molecule has 0 aliphatic heterocycles. The Morgan fingerprint density at radius 3 is 2.41 bits per heavy atom. The number of ether oxygens (including phenoxy) is 1. The highest BCUT2D eigenvalue weighted by Crippen LogP contribution is 2.26. The lowest BCUT2D eigenvalue weighted by atomic mass is 10.1. The van der Waals surface area contributed by atoms with Crippen molar-refractivity contribution in [1.82, 2.24) is 15.1 Å². The standard InChI is InChI=1S/C27H24ClN3O3/c1-3-34-27(33)24-16-25(20-7-11-22(28)12-8-20)31(30-24)23-13-9-21(10-14-23)26(32)29-17-19-6-4-5-18(2)15-19/h4-16H,3,17H2,1-2H3,(H,29,32). The highest BCUT2D eigenvalue weighted by molar-refractivity contribution is 6.30. The van der Waals surface area contributed by atoms with E-state index in [0.29, 0.717) is 28.5 Å². The number of carbonyl (C=O) groups excluding carboxylic acids is 2. The van der Waals surface area contributed by atoms with Crippen molar-refractivity contribution in [1.29, 1.82) is 0 Å². The highest BCUT2D eigenvalue weighted by atomic mass is 35.5. The Morgan fingerprint density at radius 1 is 1.00 bits per heavy atom. The molecule has 0 saturated heterocycles. The van der Waals surface area contributed by atoms with Crippen LogP contribution in [0.2, 0.25) is 5.02 Å². The second-order valence-electron chi connectivity index (χ2n) is 7.77. The quantitative estimate of drug-likeness (QED) is 0.354. The van der Waals surface area contributed by atoms with Crippen LogP contribution in [-0.4, -0.2) is 28.3 Å². The van der Waals surface area contributed by atoms with Gasteiger partial charge in [0.05, 0.1) is 18.0 Å². The third kappa shape index (κ3) is 5.35. The van der Waals surface area contributed by atoms with Crippen molar-refractivity contribution in [3.05, 3.63) is 106 Å². The highest BCUT2D eigenvalue weighted by Gasteiger charge is 2.18. The molecular weight excluding hydrogens is 450 g/mol. The van der Waals surface area contributed by atoms with Crippen LogP contribution in [0.3, 0.4) is 0 Å². The first kappa shape index (κ1) is 23.3. The van der Waals surface area contributed by atoms with Gasteiger partial charge < -0.3 is 10.1 Å². The monoisotopic (exact) mass is 473 g/mol. The van der Waals surface area contributed by atoms with Crippen molar-refractivity contribution < 1.29 is 14.3 Å². The van der Waals surface area contributed by atoms with Crippen LogP contribution in [0.15, 0.2) is 78.9 Å². The van der Waals surface area contributed by atoms with E-state index >= 15 is 0 Å². The van der Waals surface area contributed by atoms with Crippen LogP contribution in [0.1, 0.15) is 38.9 Å². The van der Waals surface area contributed by atoms with Crippen LogP contribution >= 0.6 is 11.6 Å². The summed E-state index contributed by atoms with van der Waals surface area (Å²) in [6.07, 6.45) is 0. The number of esters is 1. The number of rotatable bonds is 7. The van der Waals surface area contributed by atoms with Gasteiger partial charge in [-0.1, -0.05) is 53.6 Å². The van der Waals surface area contributed by atoms with Crippen LogP contribution in [0.4, 0.5) is 0 Å². The molecule has 172 valence electrons. The molecule has 1 N–H and O–H groups in total. The Bertz CT molecular complexity index is 1310. The van der Waals surface area contributed by atoms with Gasteiger partial charge in [-0.25, -0.2) is 9.48 Å². The lowest BCUT2D eigenvalue weighted by Gasteiger charge is -2.10. The molecule has 1 heterocycles. The van der Waals surface area contributed by atoms with E-state index in [4.69, 9.17) is 16.3 Å². The number of nitrogens with zero attached hydrogens (tertiary/aromatic N) is 2. The van der Waals surface area contributed by atoms with Crippen LogP contribution in [0.5, 0.6) is 0 Å². The van der Waals surface area contributed by atoms with Crippen molar-refractivity contribution >= 4 is 23.5 Å². The van der Waals surface area contributed by atoms with Gasteiger partial charge in [-0.15, -0.1) is 0 Å². The van der Waals surface area contributed by atoms with Gasteiger partial charge >= 0.3 is 5.97 Å². The summed E-state index contributed by atoms with van der Waals surface area (Å²) in [5, 5.41) is 8.02. The van der Waals surface area contributed by atoms with Crippen molar-refractivity contribution in [2.24, 2.45) is 0 Å². The van der Waals surface area contributed by atoms with Crippen molar-refractivity contribution in [3.63, 3.8) is 0 Å². The van der Waals surface area contributed by atoms with Gasteiger partial charge in [0.15, 0.2) is 5.69 Å². The normalized spacial score (nSPS) is 10.7. The lowest BCUT2D eigenvalue weighted by molar-refractivity contribution is 0.0519. The summed E-state index contributed by atoms with van der Waals surface area (Å²) < 4.78 is 6.78. The van der Waals surface area contributed by atoms with E-state index in [9.17, 15) is 9.59 Å². The number of carbonyl (C=O) groups is 2. The van der Waals surface area contributed by atoms with Crippen LogP contribution in [0, 0.1) is 6.92 Å². The molecule has 0 aliphatic carbocycles. The zero-order valence-corrected chi connectivity index (χ0v) is 19.7. The minimum Gasteiger partial charge on any atom is -0.461 e. The van der Waals surface area contributed by atoms with Gasteiger partial charge in [-0.2, -0.15) is 5.10 Å². The van der Waals surface area contributed by atoms with Gasteiger partial charge in [-0.05, 0) is 61.9 Å². The summed E-state index contributed by atoms with van der Waals surface area (Å²) in [4.78, 5) is 24.9. The molecular formula is C27H24ClN3O3. The minimum atomic E-state index is -0.497. The molecule has 3 aromatic carbocycles. The van der Waals surface area contributed by atoms with Crippen molar-refractivity contribution in [2.45, 2.75) is 20.4 Å². The number of nitrogens with one attached hydrogen (secondary N) is 1. The average molecular weight is 474 g/mol. The molecule has 0 aliphatic rings. The fourth-order valence-electron chi connectivity index (χ4n) is 3.57. The van der Waals surface area contributed by atoms with E-state index < -0.39 is 5.97 Å². The molecule has 0 fully saturated rings.